The molecule has 148 valence electrons. The molecule has 0 N–H and O–H groups in total. The predicted molar refractivity (Wildman–Crippen MR) is 92.0 cm³/mol. The third-order valence-corrected chi connectivity index (χ3v) is 3.44. The second-order valence-corrected chi connectivity index (χ2v) is 5.52. The first-order valence-corrected chi connectivity index (χ1v) is 8.64. The van der Waals surface area contributed by atoms with Crippen molar-refractivity contribution in [2.75, 3.05) is 14.2 Å². The molecule has 26 heavy (non-hydrogen) atoms. The quantitative estimate of drug-likeness (QED) is 0.291. The number of esters is 4. The van der Waals surface area contributed by atoms with E-state index in [0.29, 0.717) is 25.7 Å². The minimum absolute atomic E-state index is 0.328. The van der Waals surface area contributed by atoms with Crippen LogP contribution in [0.3, 0.4) is 0 Å². The van der Waals surface area contributed by atoms with Crippen LogP contribution in [0.1, 0.15) is 52.4 Å². The first-order valence-electron chi connectivity index (χ1n) is 8.64. The number of rotatable bonds is 12. The van der Waals surface area contributed by atoms with Gasteiger partial charge in [-0.3, -0.25) is 0 Å². The van der Waals surface area contributed by atoms with E-state index in [1.165, 1.54) is 14.2 Å². The second-order valence-electron chi connectivity index (χ2n) is 5.52. The number of carbonyl (C=O) groups excluding carboxylic acids is 4. The van der Waals surface area contributed by atoms with Crippen molar-refractivity contribution >= 4 is 23.9 Å². The van der Waals surface area contributed by atoms with Gasteiger partial charge >= 0.3 is 23.9 Å². The lowest BCUT2D eigenvalue weighted by Crippen LogP contribution is -2.28. The minimum Gasteiger partial charge on any atom is -0.466 e. The van der Waals surface area contributed by atoms with Gasteiger partial charge in [-0.15, -0.1) is 0 Å². The topological polar surface area (TPSA) is 105 Å². The van der Waals surface area contributed by atoms with Crippen LogP contribution in [-0.4, -0.2) is 50.3 Å². The Bertz CT molecular complexity index is 453. The number of methoxy groups -OCH3 is 2. The number of ether oxygens (including phenoxy) is 4. The smallest absolute Gasteiger partial charge is 0.347 e. The molecule has 0 aromatic rings. The molecule has 0 aliphatic rings. The first-order chi connectivity index (χ1) is 12.4. The molecule has 0 amide bonds. The Morgan fingerprint density at radius 3 is 1.35 bits per heavy atom. The highest BCUT2D eigenvalue weighted by atomic mass is 16.6. The third kappa shape index (κ3) is 9.80. The largest absolute Gasteiger partial charge is 0.466 e. The van der Waals surface area contributed by atoms with Crippen molar-refractivity contribution in [3.8, 4) is 0 Å². The zero-order valence-electron chi connectivity index (χ0n) is 15.8. The Kier molecular flexibility index (Phi) is 12.6. The van der Waals surface area contributed by atoms with Crippen LogP contribution in [0.25, 0.3) is 0 Å². The van der Waals surface area contributed by atoms with Crippen molar-refractivity contribution in [3.63, 3.8) is 0 Å². The van der Waals surface area contributed by atoms with Crippen LogP contribution in [-0.2, 0) is 38.1 Å². The Hall–Kier alpha value is -2.38. The molecule has 0 fully saturated rings. The Balaban J connectivity index is 4.68. The monoisotopic (exact) mass is 372 g/mol. The van der Waals surface area contributed by atoms with E-state index >= 15 is 0 Å². The molecule has 0 spiro atoms. The van der Waals surface area contributed by atoms with Crippen LogP contribution < -0.4 is 0 Å². The summed E-state index contributed by atoms with van der Waals surface area (Å²) in [4.78, 5) is 46.7. The molecule has 0 aliphatic heterocycles. The fourth-order valence-electron chi connectivity index (χ4n) is 1.99. The van der Waals surface area contributed by atoms with E-state index in [4.69, 9.17) is 9.47 Å². The van der Waals surface area contributed by atoms with E-state index in [-0.39, 0.29) is 0 Å². The maximum Gasteiger partial charge on any atom is 0.347 e. The molecular formula is C18H28O8. The third-order valence-electron chi connectivity index (χ3n) is 3.44. The Labute approximate surface area is 153 Å². The van der Waals surface area contributed by atoms with Crippen molar-refractivity contribution in [2.24, 2.45) is 0 Å². The summed E-state index contributed by atoms with van der Waals surface area (Å²) in [5.74, 6) is -3.07. The lowest BCUT2D eigenvalue weighted by Gasteiger charge is -2.14. The molecule has 2 atom stereocenters. The van der Waals surface area contributed by atoms with Crippen molar-refractivity contribution in [1.82, 2.24) is 0 Å². The fourth-order valence-corrected chi connectivity index (χ4v) is 1.99. The van der Waals surface area contributed by atoms with Gasteiger partial charge in [0, 0.05) is 12.2 Å². The summed E-state index contributed by atoms with van der Waals surface area (Å²) in [6.45, 7) is 3.87. The van der Waals surface area contributed by atoms with Crippen LogP contribution in [0.4, 0.5) is 0 Å². The van der Waals surface area contributed by atoms with Crippen LogP contribution in [0.5, 0.6) is 0 Å². The fraction of sp³-hybridized carbons (Fsp3) is 0.667. The normalized spacial score (nSPS) is 12.9. The summed E-state index contributed by atoms with van der Waals surface area (Å²) in [5.41, 5.74) is 0. The molecule has 0 aromatic heterocycles. The minimum atomic E-state index is -1.03. The van der Waals surface area contributed by atoms with E-state index < -0.39 is 36.1 Å². The van der Waals surface area contributed by atoms with Gasteiger partial charge in [-0.25, -0.2) is 19.2 Å². The van der Waals surface area contributed by atoms with Gasteiger partial charge in [0.05, 0.1) is 14.2 Å². The van der Waals surface area contributed by atoms with Gasteiger partial charge in [-0.2, -0.15) is 0 Å². The predicted octanol–water partition coefficient (Wildman–Crippen LogP) is 2.09. The van der Waals surface area contributed by atoms with Gasteiger partial charge < -0.3 is 18.9 Å². The second kappa shape index (κ2) is 13.9. The zero-order valence-corrected chi connectivity index (χ0v) is 15.8. The molecule has 2 unspecified atom stereocenters. The number of carbonyl (C=O) groups is 4. The van der Waals surface area contributed by atoms with Crippen LogP contribution >= 0.6 is 0 Å². The van der Waals surface area contributed by atoms with Crippen LogP contribution in [0.2, 0.25) is 0 Å². The van der Waals surface area contributed by atoms with E-state index in [1.54, 1.807) is 0 Å². The molecule has 8 nitrogen and oxygen atoms in total. The summed E-state index contributed by atoms with van der Waals surface area (Å²) in [6.07, 6.45) is 3.29. The molecule has 8 heteroatoms. The number of hydrogen-bond acceptors (Lipinski definition) is 8. The maximum absolute atomic E-state index is 11.8. The molecule has 0 saturated heterocycles. The summed E-state index contributed by atoms with van der Waals surface area (Å²) < 4.78 is 19.2. The Morgan fingerprint density at radius 2 is 1.08 bits per heavy atom. The average Bonchev–Trinajstić information content (AvgIpc) is 2.65. The molecule has 0 aliphatic carbocycles. The van der Waals surface area contributed by atoms with Gasteiger partial charge in [0.25, 0.3) is 0 Å². The molecule has 0 radical (unpaired) electrons. The van der Waals surface area contributed by atoms with Gasteiger partial charge in [-0.1, -0.05) is 26.7 Å². The van der Waals surface area contributed by atoms with Crippen molar-refractivity contribution in [3.05, 3.63) is 12.2 Å². The first kappa shape index (κ1) is 23.6. The van der Waals surface area contributed by atoms with E-state index in [0.717, 1.165) is 25.0 Å². The Morgan fingerprint density at radius 1 is 0.731 bits per heavy atom. The summed E-state index contributed by atoms with van der Waals surface area (Å²) in [6, 6.07) is 0. The van der Waals surface area contributed by atoms with E-state index in [9.17, 15) is 19.2 Å². The summed E-state index contributed by atoms with van der Waals surface area (Å²) in [5, 5.41) is 0. The van der Waals surface area contributed by atoms with Crippen LogP contribution in [0, 0.1) is 0 Å². The molecule has 0 aromatic carbocycles. The number of unbranched alkanes of at least 4 members (excludes halogenated alkanes) is 2. The van der Waals surface area contributed by atoms with Gasteiger partial charge in [-0.05, 0) is 25.7 Å². The van der Waals surface area contributed by atoms with Crippen molar-refractivity contribution < 1.29 is 38.1 Å². The highest BCUT2D eigenvalue weighted by Crippen LogP contribution is 2.09. The lowest BCUT2D eigenvalue weighted by atomic mass is 10.1. The summed E-state index contributed by atoms with van der Waals surface area (Å²) in [7, 11) is 2.40. The highest BCUT2D eigenvalue weighted by molar-refractivity contribution is 5.93. The van der Waals surface area contributed by atoms with Crippen molar-refractivity contribution in [2.45, 2.75) is 64.6 Å². The van der Waals surface area contributed by atoms with Gasteiger partial charge in [0.1, 0.15) is 0 Å². The molecule has 0 heterocycles. The number of hydrogen-bond donors (Lipinski definition) is 0. The van der Waals surface area contributed by atoms with E-state index in [1.807, 2.05) is 13.8 Å². The van der Waals surface area contributed by atoms with Gasteiger partial charge in [0.2, 0.25) is 0 Å². The molecule has 0 rings (SSSR count). The molecule has 0 saturated carbocycles. The highest BCUT2D eigenvalue weighted by Gasteiger charge is 2.24. The molecular weight excluding hydrogens is 344 g/mol. The SMILES string of the molecule is CCCCC(OC(=O)/C=C/C(=O)OC(CCCC)C(=O)OC)C(=O)OC. The van der Waals surface area contributed by atoms with Crippen LogP contribution in [0.15, 0.2) is 12.2 Å². The summed E-state index contributed by atoms with van der Waals surface area (Å²) >= 11 is 0. The average molecular weight is 372 g/mol. The van der Waals surface area contributed by atoms with Crippen molar-refractivity contribution in [1.29, 1.82) is 0 Å². The van der Waals surface area contributed by atoms with E-state index in [2.05, 4.69) is 9.47 Å². The maximum atomic E-state index is 11.8. The zero-order chi connectivity index (χ0) is 19.9. The standard InChI is InChI=1S/C18H28O8/c1-5-7-9-13(17(21)23-3)25-15(19)11-12-16(20)26-14(10-8-6-2)18(22)24-4/h11-14H,5-10H2,1-4H3/b12-11+. The van der Waals surface area contributed by atoms with Gasteiger partial charge in [0.15, 0.2) is 12.2 Å². The molecule has 0 bridgehead atoms. The lowest BCUT2D eigenvalue weighted by molar-refractivity contribution is -0.164.